The molecule has 16 unspecified atom stereocenters. The highest BCUT2D eigenvalue weighted by molar-refractivity contribution is 7.55. The number of likely N-dealkylation sites (tertiary alicyclic amines) is 1. The van der Waals surface area contributed by atoms with Gasteiger partial charge in [-0.25, -0.2) is 6.66 Å². The van der Waals surface area contributed by atoms with Crippen LogP contribution in [0.5, 0.6) is 0 Å². The second kappa shape index (κ2) is 59.9. The lowest BCUT2D eigenvalue weighted by Crippen LogP contribution is -2.55. The zero-order chi connectivity index (χ0) is 85.3. The summed E-state index contributed by atoms with van der Waals surface area (Å²) < 4.78 is 75.4. The molecule has 0 bridgehead atoms. The number of nitrogens with zero attached hydrogens (tertiary/aromatic N) is 1. The maximum atomic E-state index is 14.2. The number of amides is 3. The minimum Gasteiger partial charge on any atom is -0.394 e. The molecule has 4 fully saturated rings. The van der Waals surface area contributed by atoms with Gasteiger partial charge in [0.05, 0.1) is 90.4 Å². The summed E-state index contributed by atoms with van der Waals surface area (Å²) in [5, 5.41) is 95.5. The number of rotatable bonds is 69. The molecule has 4 heterocycles. The molecule has 4 aliphatic rings. The Labute approximate surface area is 688 Å². The van der Waals surface area contributed by atoms with Crippen LogP contribution in [-0.4, -0.2) is 290 Å². The largest absolute Gasteiger partial charge is 0.394 e. The van der Waals surface area contributed by atoms with Gasteiger partial charge in [0.25, 0.3) is 0 Å². The topological polar surface area (TPSA) is 465 Å². The minimum absolute atomic E-state index is 0.0158. The van der Waals surface area contributed by atoms with Crippen LogP contribution in [0.4, 0.5) is 0 Å². The Morgan fingerprint density at radius 3 is 1.14 bits per heavy atom. The van der Waals surface area contributed by atoms with Crippen LogP contribution in [0.15, 0.2) is 0 Å². The molecule has 0 aromatic carbocycles. The number of unbranched alkanes of at least 4 members (excludes halogenated alkanes) is 14. The van der Waals surface area contributed by atoms with Gasteiger partial charge >= 0.3 is 0 Å². The Morgan fingerprint density at radius 2 is 0.750 bits per heavy atom. The van der Waals surface area contributed by atoms with Crippen molar-refractivity contribution in [1.82, 2.24) is 15.5 Å². The van der Waals surface area contributed by atoms with Gasteiger partial charge in [-0.2, -0.15) is 0 Å². The molecule has 4 saturated heterocycles. The summed E-state index contributed by atoms with van der Waals surface area (Å²) in [6.45, 7) is 11.2. The molecule has 116 heavy (non-hydrogen) atoms. The van der Waals surface area contributed by atoms with Crippen molar-refractivity contribution in [2.75, 3.05) is 113 Å². The van der Waals surface area contributed by atoms with Crippen LogP contribution in [0.2, 0.25) is 0 Å². The third-order valence-corrected chi connectivity index (χ3v) is 23.4. The average Bonchev–Trinajstić information content (AvgIpc) is 0.970. The van der Waals surface area contributed by atoms with Gasteiger partial charge in [0.1, 0.15) is 65.5 Å². The SMILES string of the molecule is [CH2-]P(=O)(OC)OC[C@@H]1C[C@@H](C)CN1C(=O)CCCCCCCCCCC(=O)CC(COCCC(=O)CCCCCC(=O)CCCCOC1OC(CO)C(O)C(O)C1C)(COCCC(=O)CCCCCC(=O)CCCCOC1OC(CO)C(O)C(O)C1C)COCCC(=O)NCCCNC(=O)CCCCOC1OC(CO)C(O)C(O)C1C. The highest BCUT2D eigenvalue weighted by Crippen LogP contribution is 2.46. The van der Waals surface area contributed by atoms with E-state index in [-0.39, 0.29) is 177 Å². The normalized spacial score (nSPS) is 26.6. The zero-order valence-electron chi connectivity index (χ0n) is 70.2. The molecule has 3 amide bonds. The predicted molar refractivity (Wildman–Crippen MR) is 427 cm³/mol. The fourth-order valence-corrected chi connectivity index (χ4v) is 15.3. The van der Waals surface area contributed by atoms with E-state index in [4.69, 9.17) is 51.7 Å². The van der Waals surface area contributed by atoms with E-state index < -0.39 is 124 Å². The van der Waals surface area contributed by atoms with E-state index in [1.165, 1.54) is 7.11 Å². The van der Waals surface area contributed by atoms with E-state index in [9.17, 15) is 88.9 Å². The summed E-state index contributed by atoms with van der Waals surface area (Å²) in [5.41, 5.74) is -1.09. The van der Waals surface area contributed by atoms with Crippen molar-refractivity contribution in [3.05, 3.63) is 6.66 Å². The van der Waals surface area contributed by atoms with Crippen molar-refractivity contribution in [1.29, 1.82) is 0 Å². The molecular formula is C83H147N3O29P-. The fourth-order valence-electron chi connectivity index (χ4n) is 14.8. The number of carbonyl (C=O) groups excluding carboxylic acids is 8. The van der Waals surface area contributed by atoms with Gasteiger partial charge in [-0.1, -0.05) is 79.1 Å². The monoisotopic (exact) mass is 1680 g/mol. The van der Waals surface area contributed by atoms with E-state index in [1.54, 1.807) is 20.8 Å². The second-order valence-corrected chi connectivity index (χ2v) is 34.4. The van der Waals surface area contributed by atoms with Crippen LogP contribution in [-0.2, 0) is 94.6 Å². The van der Waals surface area contributed by atoms with E-state index >= 15 is 0 Å². The van der Waals surface area contributed by atoms with Gasteiger partial charge in [0.15, 0.2) is 26.5 Å². The maximum absolute atomic E-state index is 14.2. The van der Waals surface area contributed by atoms with Crippen LogP contribution in [0.3, 0.4) is 0 Å². The highest BCUT2D eigenvalue weighted by Gasteiger charge is 2.45. The van der Waals surface area contributed by atoms with Crippen LogP contribution < -0.4 is 10.6 Å². The number of carbonyl (C=O) groups is 8. The molecule has 0 radical (unpaired) electrons. The molecule has 33 heteroatoms. The summed E-state index contributed by atoms with van der Waals surface area (Å²) in [4.78, 5) is 107. The maximum Gasteiger partial charge on any atom is 0.222 e. The first kappa shape index (κ1) is 105. The first-order valence-electron chi connectivity index (χ1n) is 43.1. The Bertz CT molecular complexity index is 2600. The number of aliphatic hydroxyl groups excluding tert-OH is 9. The summed E-state index contributed by atoms with van der Waals surface area (Å²) in [7, 11) is -2.14. The molecule has 0 aromatic rings. The predicted octanol–water partition coefficient (Wildman–Crippen LogP) is 6.52. The van der Waals surface area contributed by atoms with E-state index in [0.717, 1.165) is 51.4 Å². The lowest BCUT2D eigenvalue weighted by molar-refractivity contribution is -0.282. The Morgan fingerprint density at radius 1 is 0.422 bits per heavy atom. The van der Waals surface area contributed by atoms with Crippen molar-refractivity contribution in [2.45, 2.75) is 332 Å². The van der Waals surface area contributed by atoms with E-state index in [1.807, 2.05) is 4.90 Å². The Kier molecular flexibility index (Phi) is 53.9. The molecule has 11 N–H and O–H groups in total. The molecule has 4 rings (SSSR count). The van der Waals surface area contributed by atoms with Crippen LogP contribution in [0.1, 0.15) is 252 Å². The summed E-state index contributed by atoms with van der Waals surface area (Å²) in [5.74, 6) is -1.60. The quantitative estimate of drug-likeness (QED) is 0.0175. The number of Topliss-reactive ketones (excluding diaryl/α,β-unsaturated/α-hetero) is 5. The summed E-state index contributed by atoms with van der Waals surface area (Å²) in [6.07, 6.45) is 5.90. The van der Waals surface area contributed by atoms with Gasteiger partial charge in [-0.15, -0.1) is 0 Å². The number of aliphatic hydroxyl groups is 9. The molecular weight excluding hydrogens is 1530 g/mol. The number of nitrogens with one attached hydrogen (secondary N) is 2. The molecule has 4 aliphatic heterocycles. The number of ether oxygens (including phenoxy) is 9. The van der Waals surface area contributed by atoms with Crippen LogP contribution in [0.25, 0.3) is 0 Å². The van der Waals surface area contributed by atoms with Crippen LogP contribution in [0, 0.1) is 35.8 Å². The Balaban J connectivity index is 1.28. The minimum atomic E-state index is -3.42. The van der Waals surface area contributed by atoms with Crippen molar-refractivity contribution in [3.63, 3.8) is 0 Å². The third kappa shape index (κ3) is 41.8. The van der Waals surface area contributed by atoms with E-state index in [2.05, 4.69) is 24.2 Å². The van der Waals surface area contributed by atoms with Gasteiger partial charge in [0, 0.05) is 153 Å². The third-order valence-electron chi connectivity index (χ3n) is 22.3. The molecule has 674 valence electrons. The zero-order valence-corrected chi connectivity index (χ0v) is 71.1. The lowest BCUT2D eigenvalue weighted by Gasteiger charge is -2.40. The summed E-state index contributed by atoms with van der Waals surface area (Å²) in [6, 6.07) is -0.177. The second-order valence-electron chi connectivity index (χ2n) is 32.6. The van der Waals surface area contributed by atoms with Gasteiger partial charge in [-0.3, -0.25) is 42.9 Å². The molecule has 0 aliphatic carbocycles. The number of hydrogen-bond donors (Lipinski definition) is 11. The summed E-state index contributed by atoms with van der Waals surface area (Å²) >= 11 is 0. The fraction of sp³-hybridized carbons (Fsp3) is 0.892. The average molecular weight is 1680 g/mol. The Hall–Kier alpha value is -3.81. The molecule has 18 atom stereocenters. The van der Waals surface area contributed by atoms with Crippen LogP contribution >= 0.6 is 7.60 Å². The number of hydrogen-bond acceptors (Lipinski definition) is 29. The van der Waals surface area contributed by atoms with E-state index in [0.29, 0.717) is 141 Å². The molecule has 0 aromatic heterocycles. The van der Waals surface area contributed by atoms with Gasteiger partial charge in [-0.05, 0) is 95.8 Å². The van der Waals surface area contributed by atoms with Crippen molar-refractivity contribution < 1.29 is 141 Å². The highest BCUT2D eigenvalue weighted by atomic mass is 31.2. The molecule has 0 spiro atoms. The lowest BCUT2D eigenvalue weighted by atomic mass is 9.83. The van der Waals surface area contributed by atoms with Gasteiger partial charge in [0.2, 0.25) is 17.7 Å². The number of ketones is 5. The first-order valence-corrected chi connectivity index (χ1v) is 44.8. The molecule has 32 nitrogen and oxygen atoms in total. The standard InChI is InChI=1S/C83H147N3O29P/c1-58-48-62(54-112-116(6,104)105-5)86(50-58)73(97)36-20-12-10-8-7-9-11-15-34-67(94)49-83(55-106-45-37-65(92)30-18-13-16-28-63(90)32-21-24-42-109-80-59(2)74(98)77(101)68(51-87)113-80,56-107-46-38-66(93)31-19-14-17-29-64(91)33-22-25-43-110-81-60(3)75(99)78(102)69(52-88)114-81)57-108-47-39-72(96)85-41-27-40-84-71(95)35-23-26-44-111-82-61(4)76(100)79(103)70(53-89)115-82/h58-62,68-70,74-82,87-89,98-103H,6-57H2,1-5H3,(H,84,95)(H,85,96)/q-1/t58-,59?,60?,61?,62+,68?,69?,70?,74?,75?,76?,77?,78?,79?,80?,81?,82?,83?,116?/m1/s1. The molecule has 0 saturated carbocycles. The van der Waals surface area contributed by atoms with Crippen molar-refractivity contribution in [2.24, 2.45) is 29.1 Å². The van der Waals surface area contributed by atoms with Gasteiger partial charge < -0.3 is 113 Å². The smallest absolute Gasteiger partial charge is 0.222 e. The first-order chi connectivity index (χ1) is 55.6. The van der Waals surface area contributed by atoms with Crippen molar-refractivity contribution >= 4 is 54.2 Å². The van der Waals surface area contributed by atoms with Crippen molar-refractivity contribution in [3.8, 4) is 0 Å².